The topological polar surface area (TPSA) is 49.2 Å². The van der Waals surface area contributed by atoms with Gasteiger partial charge in [0.1, 0.15) is 23.7 Å². The molecule has 0 N–H and O–H groups in total. The third kappa shape index (κ3) is 3.78. The molecule has 0 saturated carbocycles. The van der Waals surface area contributed by atoms with E-state index in [1.807, 2.05) is 18.2 Å². The summed E-state index contributed by atoms with van der Waals surface area (Å²) in [4.78, 5) is 0. The molecule has 4 rings (SSSR count). The standard InChI is InChI=1S/C23H22FN3O2/c1-15-16(2)27(13-18-5-4-6-20(11-18)28-3)22-21(15)12-25-26-23(22)29-14-17-7-9-19(24)10-8-17/h4-12H,13-14H2,1-3H3. The van der Waals surface area contributed by atoms with Gasteiger partial charge in [-0.1, -0.05) is 24.3 Å². The maximum atomic E-state index is 13.1. The Bertz CT molecular complexity index is 1150. The van der Waals surface area contributed by atoms with Crippen LogP contribution in [-0.2, 0) is 13.2 Å². The van der Waals surface area contributed by atoms with Gasteiger partial charge in [-0.05, 0) is 54.8 Å². The summed E-state index contributed by atoms with van der Waals surface area (Å²) in [5.74, 6) is 1.01. The molecule has 0 radical (unpaired) electrons. The molecule has 0 aliphatic carbocycles. The Labute approximate surface area is 168 Å². The van der Waals surface area contributed by atoms with Gasteiger partial charge in [-0.2, -0.15) is 5.10 Å². The van der Waals surface area contributed by atoms with E-state index in [2.05, 4.69) is 34.7 Å². The highest BCUT2D eigenvalue weighted by Gasteiger charge is 2.17. The fourth-order valence-electron chi connectivity index (χ4n) is 3.44. The summed E-state index contributed by atoms with van der Waals surface area (Å²) in [6.45, 7) is 5.10. The Kier molecular flexibility index (Phi) is 5.16. The summed E-state index contributed by atoms with van der Waals surface area (Å²) >= 11 is 0. The average molecular weight is 391 g/mol. The fraction of sp³-hybridized carbons (Fsp3) is 0.217. The lowest BCUT2D eigenvalue weighted by atomic mass is 10.2. The van der Waals surface area contributed by atoms with Crippen molar-refractivity contribution in [1.29, 1.82) is 0 Å². The molecule has 6 heteroatoms. The van der Waals surface area contributed by atoms with E-state index in [1.165, 1.54) is 12.1 Å². The van der Waals surface area contributed by atoms with Gasteiger partial charge in [0.15, 0.2) is 0 Å². The lowest BCUT2D eigenvalue weighted by molar-refractivity contribution is 0.293. The number of nitrogens with zero attached hydrogens (tertiary/aromatic N) is 3. The highest BCUT2D eigenvalue weighted by atomic mass is 19.1. The van der Waals surface area contributed by atoms with Crippen LogP contribution < -0.4 is 9.47 Å². The van der Waals surface area contributed by atoms with Gasteiger partial charge in [0.25, 0.3) is 5.88 Å². The molecule has 0 aliphatic rings. The molecule has 4 aromatic rings. The number of rotatable bonds is 6. The second kappa shape index (κ2) is 7.91. The van der Waals surface area contributed by atoms with E-state index in [0.29, 0.717) is 12.4 Å². The molecule has 0 atom stereocenters. The average Bonchev–Trinajstić information content (AvgIpc) is 2.99. The van der Waals surface area contributed by atoms with Crippen LogP contribution in [0, 0.1) is 19.7 Å². The molecule has 0 spiro atoms. The number of ether oxygens (including phenoxy) is 2. The van der Waals surface area contributed by atoms with Crippen LogP contribution >= 0.6 is 0 Å². The van der Waals surface area contributed by atoms with E-state index in [9.17, 15) is 4.39 Å². The minimum atomic E-state index is -0.269. The second-order valence-corrected chi connectivity index (χ2v) is 6.98. The number of halogens is 1. The van der Waals surface area contributed by atoms with Crippen LogP contribution in [0.25, 0.3) is 10.9 Å². The number of methoxy groups -OCH3 is 1. The first-order valence-corrected chi connectivity index (χ1v) is 9.38. The zero-order chi connectivity index (χ0) is 20.4. The first kappa shape index (κ1) is 18.9. The first-order valence-electron chi connectivity index (χ1n) is 9.38. The second-order valence-electron chi connectivity index (χ2n) is 6.98. The third-order valence-electron chi connectivity index (χ3n) is 5.18. The summed E-state index contributed by atoms with van der Waals surface area (Å²) in [5, 5.41) is 9.37. The van der Waals surface area contributed by atoms with Crippen molar-refractivity contribution in [3.05, 3.63) is 82.9 Å². The van der Waals surface area contributed by atoms with E-state index in [4.69, 9.17) is 9.47 Å². The monoisotopic (exact) mass is 391 g/mol. The molecule has 5 nitrogen and oxygen atoms in total. The van der Waals surface area contributed by atoms with Gasteiger partial charge in [0, 0.05) is 17.6 Å². The van der Waals surface area contributed by atoms with Crippen molar-refractivity contribution in [2.75, 3.05) is 7.11 Å². The molecule has 0 saturated heterocycles. The van der Waals surface area contributed by atoms with E-state index in [0.717, 1.165) is 39.0 Å². The van der Waals surface area contributed by atoms with E-state index in [-0.39, 0.29) is 12.4 Å². The molecule has 0 aliphatic heterocycles. The lowest BCUT2D eigenvalue weighted by Crippen LogP contribution is -2.05. The van der Waals surface area contributed by atoms with Crippen molar-refractivity contribution in [3.8, 4) is 11.6 Å². The smallest absolute Gasteiger partial charge is 0.258 e. The highest BCUT2D eigenvalue weighted by molar-refractivity contribution is 5.88. The molecule has 0 unspecified atom stereocenters. The molecule has 2 aromatic heterocycles. The predicted octanol–water partition coefficient (Wildman–Crippen LogP) is 4.82. The Balaban J connectivity index is 1.71. The molecular weight excluding hydrogens is 369 g/mol. The Hall–Kier alpha value is -3.41. The quantitative estimate of drug-likeness (QED) is 0.473. The van der Waals surface area contributed by atoms with Gasteiger partial charge in [-0.3, -0.25) is 0 Å². The maximum absolute atomic E-state index is 13.1. The molecular formula is C23H22FN3O2. The summed E-state index contributed by atoms with van der Waals surface area (Å²) in [6.07, 6.45) is 1.77. The van der Waals surface area contributed by atoms with Crippen molar-refractivity contribution in [3.63, 3.8) is 0 Å². The summed E-state index contributed by atoms with van der Waals surface area (Å²) in [5.41, 5.74) is 5.16. The van der Waals surface area contributed by atoms with Gasteiger partial charge in [0.2, 0.25) is 0 Å². The number of aryl methyl sites for hydroxylation is 1. The minimum absolute atomic E-state index is 0.269. The first-order chi connectivity index (χ1) is 14.1. The van der Waals surface area contributed by atoms with Crippen LogP contribution in [0.5, 0.6) is 11.6 Å². The van der Waals surface area contributed by atoms with Crippen LogP contribution in [0.15, 0.2) is 54.7 Å². The fourth-order valence-corrected chi connectivity index (χ4v) is 3.44. The van der Waals surface area contributed by atoms with E-state index < -0.39 is 0 Å². The van der Waals surface area contributed by atoms with Crippen molar-refractivity contribution in [1.82, 2.24) is 14.8 Å². The predicted molar refractivity (Wildman–Crippen MR) is 110 cm³/mol. The molecule has 0 bridgehead atoms. The van der Waals surface area contributed by atoms with Gasteiger partial charge in [-0.15, -0.1) is 5.10 Å². The van der Waals surface area contributed by atoms with Crippen LogP contribution in [-0.4, -0.2) is 21.9 Å². The molecule has 0 amide bonds. The van der Waals surface area contributed by atoms with Crippen molar-refractivity contribution < 1.29 is 13.9 Å². The Morgan fingerprint density at radius 2 is 1.83 bits per heavy atom. The largest absolute Gasteiger partial charge is 0.497 e. The Morgan fingerprint density at radius 1 is 1.03 bits per heavy atom. The summed E-state index contributed by atoms with van der Waals surface area (Å²) in [7, 11) is 1.66. The Morgan fingerprint density at radius 3 is 2.59 bits per heavy atom. The highest BCUT2D eigenvalue weighted by Crippen LogP contribution is 2.31. The van der Waals surface area contributed by atoms with Crippen LogP contribution in [0.3, 0.4) is 0 Å². The van der Waals surface area contributed by atoms with Crippen LogP contribution in [0.2, 0.25) is 0 Å². The summed E-state index contributed by atoms with van der Waals surface area (Å²) < 4.78 is 26.7. The van der Waals surface area contributed by atoms with Gasteiger partial charge in [0.05, 0.1) is 13.3 Å². The van der Waals surface area contributed by atoms with Gasteiger partial charge >= 0.3 is 0 Å². The number of aromatic nitrogens is 3. The third-order valence-corrected chi connectivity index (χ3v) is 5.18. The molecule has 29 heavy (non-hydrogen) atoms. The number of benzene rings is 2. The van der Waals surface area contributed by atoms with Crippen molar-refractivity contribution in [2.24, 2.45) is 0 Å². The molecule has 0 fully saturated rings. The number of hydrogen-bond acceptors (Lipinski definition) is 4. The molecule has 2 heterocycles. The number of hydrogen-bond donors (Lipinski definition) is 0. The molecule has 148 valence electrons. The van der Waals surface area contributed by atoms with Gasteiger partial charge < -0.3 is 14.0 Å². The summed E-state index contributed by atoms with van der Waals surface area (Å²) in [6, 6.07) is 14.2. The van der Waals surface area contributed by atoms with Crippen LogP contribution in [0.1, 0.15) is 22.4 Å². The van der Waals surface area contributed by atoms with E-state index in [1.54, 1.807) is 25.4 Å². The minimum Gasteiger partial charge on any atom is -0.497 e. The van der Waals surface area contributed by atoms with Crippen molar-refractivity contribution >= 4 is 10.9 Å². The maximum Gasteiger partial charge on any atom is 0.258 e. The zero-order valence-corrected chi connectivity index (χ0v) is 16.6. The van der Waals surface area contributed by atoms with Gasteiger partial charge in [-0.25, -0.2) is 4.39 Å². The number of fused-ring (bicyclic) bond motifs is 1. The zero-order valence-electron chi connectivity index (χ0n) is 16.6. The van der Waals surface area contributed by atoms with E-state index >= 15 is 0 Å². The SMILES string of the molecule is COc1cccc(Cn2c(C)c(C)c3cnnc(OCc4ccc(F)cc4)c32)c1. The lowest BCUT2D eigenvalue weighted by Gasteiger charge is -2.12. The normalized spacial score (nSPS) is 11.0. The van der Waals surface area contributed by atoms with Crippen LogP contribution in [0.4, 0.5) is 4.39 Å². The van der Waals surface area contributed by atoms with Crippen molar-refractivity contribution in [2.45, 2.75) is 27.0 Å². The molecule has 2 aromatic carbocycles.